The van der Waals surface area contributed by atoms with E-state index in [9.17, 15) is 0 Å². The Morgan fingerprint density at radius 3 is 2.28 bits per heavy atom. The molecule has 0 N–H and O–H groups in total. The van der Waals surface area contributed by atoms with Gasteiger partial charge in [-0.1, -0.05) is 56.5 Å². The Morgan fingerprint density at radius 1 is 0.889 bits per heavy atom. The quantitative estimate of drug-likeness (QED) is 0.705. The van der Waals surface area contributed by atoms with Crippen molar-refractivity contribution in [2.75, 3.05) is 0 Å². The largest absolute Gasteiger partial charge is 0.236 e. The zero-order valence-electron chi connectivity index (χ0n) is 11.0. The van der Waals surface area contributed by atoms with E-state index in [0.717, 1.165) is 17.8 Å². The standard InChI is InChI=1S/C16H20N2/c1-2-3-4-6-9-14-12-17-16(18-13-14)15-10-7-5-8-11-15/h5,7-8,10-13H,2-4,6,9H2,1H3. The molecule has 1 aromatic carbocycles. The van der Waals surface area contributed by atoms with Gasteiger partial charge in [-0.2, -0.15) is 0 Å². The third-order valence-corrected chi connectivity index (χ3v) is 3.06. The van der Waals surface area contributed by atoms with Gasteiger partial charge in [0.25, 0.3) is 0 Å². The number of hydrogen-bond acceptors (Lipinski definition) is 2. The summed E-state index contributed by atoms with van der Waals surface area (Å²) in [4.78, 5) is 8.87. The first-order valence-corrected chi connectivity index (χ1v) is 6.76. The molecule has 0 spiro atoms. The van der Waals surface area contributed by atoms with Crippen LogP contribution < -0.4 is 0 Å². The fourth-order valence-electron chi connectivity index (χ4n) is 1.98. The van der Waals surface area contributed by atoms with Crippen molar-refractivity contribution in [1.82, 2.24) is 9.97 Å². The minimum atomic E-state index is 0.813. The molecule has 1 aromatic heterocycles. The molecule has 1 heterocycles. The van der Waals surface area contributed by atoms with E-state index in [2.05, 4.69) is 16.9 Å². The minimum Gasteiger partial charge on any atom is -0.236 e. The van der Waals surface area contributed by atoms with Gasteiger partial charge >= 0.3 is 0 Å². The number of hydrogen-bond donors (Lipinski definition) is 0. The number of rotatable bonds is 6. The molecule has 0 bridgehead atoms. The third kappa shape index (κ3) is 3.66. The van der Waals surface area contributed by atoms with Gasteiger partial charge in [-0.3, -0.25) is 0 Å². The Balaban J connectivity index is 1.94. The molecular weight excluding hydrogens is 220 g/mol. The minimum absolute atomic E-state index is 0.813. The van der Waals surface area contributed by atoms with Crippen LogP contribution in [0, 0.1) is 0 Å². The molecule has 0 aliphatic heterocycles. The molecule has 0 fully saturated rings. The number of aryl methyl sites for hydroxylation is 1. The van der Waals surface area contributed by atoms with E-state index < -0.39 is 0 Å². The zero-order chi connectivity index (χ0) is 12.6. The monoisotopic (exact) mass is 240 g/mol. The highest BCUT2D eigenvalue weighted by Gasteiger charge is 2.00. The van der Waals surface area contributed by atoms with Crippen LogP contribution in [-0.2, 0) is 6.42 Å². The smallest absolute Gasteiger partial charge is 0.159 e. The van der Waals surface area contributed by atoms with Crippen LogP contribution in [0.1, 0.15) is 38.2 Å². The molecule has 0 aliphatic rings. The lowest BCUT2D eigenvalue weighted by molar-refractivity contribution is 0.665. The van der Waals surface area contributed by atoms with Crippen molar-refractivity contribution < 1.29 is 0 Å². The summed E-state index contributed by atoms with van der Waals surface area (Å²) in [5.41, 5.74) is 2.32. The number of aromatic nitrogens is 2. The number of unbranched alkanes of at least 4 members (excludes halogenated alkanes) is 3. The summed E-state index contributed by atoms with van der Waals surface area (Å²) in [6, 6.07) is 10.1. The summed E-state index contributed by atoms with van der Waals surface area (Å²) in [6.45, 7) is 2.23. The average Bonchev–Trinajstić information content (AvgIpc) is 2.45. The van der Waals surface area contributed by atoms with Gasteiger partial charge in [-0.15, -0.1) is 0 Å². The van der Waals surface area contributed by atoms with Crippen LogP contribution in [0.25, 0.3) is 11.4 Å². The maximum atomic E-state index is 4.44. The summed E-state index contributed by atoms with van der Waals surface area (Å²) in [7, 11) is 0. The van der Waals surface area contributed by atoms with Gasteiger partial charge in [0.15, 0.2) is 5.82 Å². The molecule has 0 amide bonds. The maximum absolute atomic E-state index is 4.44. The molecule has 2 aromatic rings. The molecule has 0 atom stereocenters. The van der Waals surface area contributed by atoms with Crippen molar-refractivity contribution in [3.05, 3.63) is 48.3 Å². The second kappa shape index (κ2) is 6.90. The van der Waals surface area contributed by atoms with E-state index in [1.54, 1.807) is 0 Å². The molecule has 18 heavy (non-hydrogen) atoms. The summed E-state index contributed by atoms with van der Waals surface area (Å²) < 4.78 is 0. The average molecular weight is 240 g/mol. The van der Waals surface area contributed by atoms with Gasteiger partial charge in [0.1, 0.15) is 0 Å². The van der Waals surface area contributed by atoms with Gasteiger partial charge in [0.05, 0.1) is 0 Å². The molecule has 2 rings (SSSR count). The second-order valence-corrected chi connectivity index (χ2v) is 4.59. The Kier molecular flexibility index (Phi) is 4.88. The molecule has 2 nitrogen and oxygen atoms in total. The van der Waals surface area contributed by atoms with Gasteiger partial charge in [0.2, 0.25) is 0 Å². The highest BCUT2D eigenvalue weighted by molar-refractivity contribution is 5.53. The van der Waals surface area contributed by atoms with Crippen LogP contribution in [0.2, 0.25) is 0 Å². The molecule has 0 saturated carbocycles. The first kappa shape index (κ1) is 12.7. The fourth-order valence-corrected chi connectivity index (χ4v) is 1.98. The number of benzene rings is 1. The van der Waals surface area contributed by atoms with Crippen LogP contribution in [-0.4, -0.2) is 9.97 Å². The molecule has 2 heteroatoms. The van der Waals surface area contributed by atoms with E-state index in [4.69, 9.17) is 0 Å². The maximum Gasteiger partial charge on any atom is 0.159 e. The van der Waals surface area contributed by atoms with Gasteiger partial charge < -0.3 is 0 Å². The van der Waals surface area contributed by atoms with E-state index in [-0.39, 0.29) is 0 Å². The van der Waals surface area contributed by atoms with Crippen molar-refractivity contribution in [3.8, 4) is 11.4 Å². The molecule has 0 unspecified atom stereocenters. The Labute approximate surface area is 109 Å². The van der Waals surface area contributed by atoms with Gasteiger partial charge in [0, 0.05) is 18.0 Å². The van der Waals surface area contributed by atoms with Crippen LogP contribution in [0.15, 0.2) is 42.7 Å². The molecule has 0 saturated heterocycles. The summed E-state index contributed by atoms with van der Waals surface area (Å²) in [6.07, 6.45) is 10.2. The predicted molar refractivity (Wildman–Crippen MR) is 75.3 cm³/mol. The van der Waals surface area contributed by atoms with Crippen molar-refractivity contribution >= 4 is 0 Å². The summed E-state index contributed by atoms with van der Waals surface area (Å²) in [5, 5.41) is 0. The summed E-state index contributed by atoms with van der Waals surface area (Å²) >= 11 is 0. The summed E-state index contributed by atoms with van der Waals surface area (Å²) in [5.74, 6) is 0.813. The Morgan fingerprint density at radius 2 is 1.61 bits per heavy atom. The fraction of sp³-hybridized carbons (Fsp3) is 0.375. The lowest BCUT2D eigenvalue weighted by atomic mass is 10.1. The highest BCUT2D eigenvalue weighted by atomic mass is 14.9. The first-order chi connectivity index (χ1) is 8.90. The molecule has 0 radical (unpaired) electrons. The van der Waals surface area contributed by atoms with Crippen LogP contribution in [0.4, 0.5) is 0 Å². The topological polar surface area (TPSA) is 25.8 Å². The van der Waals surface area contributed by atoms with E-state index in [1.807, 2.05) is 42.7 Å². The van der Waals surface area contributed by atoms with E-state index in [1.165, 1.54) is 31.2 Å². The number of nitrogens with zero attached hydrogens (tertiary/aromatic N) is 2. The van der Waals surface area contributed by atoms with Crippen molar-refractivity contribution in [2.24, 2.45) is 0 Å². The highest BCUT2D eigenvalue weighted by Crippen LogP contribution is 2.14. The van der Waals surface area contributed by atoms with Crippen LogP contribution >= 0.6 is 0 Å². The van der Waals surface area contributed by atoms with E-state index >= 15 is 0 Å². The lowest BCUT2D eigenvalue weighted by Crippen LogP contribution is -1.93. The van der Waals surface area contributed by atoms with Crippen LogP contribution in [0.3, 0.4) is 0 Å². The van der Waals surface area contributed by atoms with E-state index in [0.29, 0.717) is 0 Å². The van der Waals surface area contributed by atoms with Crippen molar-refractivity contribution in [3.63, 3.8) is 0 Å². The normalized spacial score (nSPS) is 10.5. The third-order valence-electron chi connectivity index (χ3n) is 3.06. The predicted octanol–water partition coefficient (Wildman–Crippen LogP) is 4.27. The van der Waals surface area contributed by atoms with Crippen LogP contribution in [0.5, 0.6) is 0 Å². The molecular formula is C16H20N2. The van der Waals surface area contributed by atoms with Gasteiger partial charge in [-0.25, -0.2) is 9.97 Å². The SMILES string of the molecule is CCCCCCc1cnc(-c2ccccc2)nc1. The lowest BCUT2D eigenvalue weighted by Gasteiger charge is -2.02. The molecule has 0 aliphatic carbocycles. The molecule has 94 valence electrons. The van der Waals surface area contributed by atoms with Gasteiger partial charge in [-0.05, 0) is 18.4 Å². The van der Waals surface area contributed by atoms with Crippen molar-refractivity contribution in [1.29, 1.82) is 0 Å². The first-order valence-electron chi connectivity index (χ1n) is 6.76. The van der Waals surface area contributed by atoms with Crippen molar-refractivity contribution in [2.45, 2.75) is 39.0 Å². The Hall–Kier alpha value is -1.70. The second-order valence-electron chi connectivity index (χ2n) is 4.59. The zero-order valence-corrected chi connectivity index (χ0v) is 11.0. The Bertz CT molecular complexity index is 448.